The molecule has 0 bridgehead atoms. The van der Waals surface area contributed by atoms with Crippen LogP contribution < -0.4 is 0 Å². The minimum Gasteiger partial charge on any atom is -0.206 e. The lowest BCUT2D eigenvalue weighted by Crippen LogP contribution is -2.00. The van der Waals surface area contributed by atoms with E-state index < -0.39 is 0 Å². The van der Waals surface area contributed by atoms with Crippen LogP contribution in [0.3, 0.4) is 0 Å². The summed E-state index contributed by atoms with van der Waals surface area (Å²) >= 11 is 1.51. The van der Waals surface area contributed by atoms with Gasteiger partial charge in [0, 0.05) is 4.88 Å². The first-order valence-electron chi connectivity index (χ1n) is 3.85. The third kappa shape index (κ3) is 1.80. The van der Waals surface area contributed by atoms with Crippen molar-refractivity contribution >= 4 is 11.3 Å². The average molecular weight is 172 g/mol. The van der Waals surface area contributed by atoms with E-state index in [1.165, 1.54) is 11.3 Å². The molecule has 11 heavy (non-hydrogen) atoms. The normalized spacial score (nSPS) is 13.9. The van der Waals surface area contributed by atoms with Crippen LogP contribution in [0, 0.1) is 11.7 Å². The molecule has 0 saturated heterocycles. The molecule has 0 aromatic carbocycles. The van der Waals surface area contributed by atoms with E-state index in [9.17, 15) is 4.39 Å². The quantitative estimate of drug-likeness (QED) is 0.638. The molecule has 0 amide bonds. The van der Waals surface area contributed by atoms with Crippen molar-refractivity contribution in [2.45, 2.75) is 26.7 Å². The smallest absolute Gasteiger partial charge is 0.137 e. The van der Waals surface area contributed by atoms with Crippen LogP contribution in [0.25, 0.3) is 0 Å². The molecule has 1 aromatic rings. The summed E-state index contributed by atoms with van der Waals surface area (Å²) in [7, 11) is 0. The molecule has 0 aliphatic carbocycles. The maximum absolute atomic E-state index is 13.0. The van der Waals surface area contributed by atoms with Gasteiger partial charge in [-0.3, -0.25) is 0 Å². The number of halogens is 1. The molecule has 0 spiro atoms. The van der Waals surface area contributed by atoms with Crippen molar-refractivity contribution in [2.75, 3.05) is 0 Å². The van der Waals surface area contributed by atoms with Gasteiger partial charge in [0.05, 0.1) is 0 Å². The molecule has 0 aliphatic rings. The molecule has 0 radical (unpaired) electrons. The van der Waals surface area contributed by atoms with E-state index in [0.717, 1.165) is 4.88 Å². The highest BCUT2D eigenvalue weighted by Crippen LogP contribution is 2.29. The Labute approximate surface area is 71.1 Å². The lowest BCUT2D eigenvalue weighted by molar-refractivity contribution is 0.512. The molecule has 62 valence electrons. The molecule has 1 atom stereocenters. The minimum atomic E-state index is -0.0452. The van der Waals surface area contributed by atoms with Gasteiger partial charge in [-0.25, -0.2) is 4.39 Å². The van der Waals surface area contributed by atoms with Crippen LogP contribution in [0.4, 0.5) is 4.39 Å². The van der Waals surface area contributed by atoms with E-state index >= 15 is 0 Å². The van der Waals surface area contributed by atoms with Gasteiger partial charge in [0.15, 0.2) is 0 Å². The lowest BCUT2D eigenvalue weighted by atomic mass is 9.96. The number of hydrogen-bond acceptors (Lipinski definition) is 1. The third-order valence-corrected chi connectivity index (χ3v) is 3.15. The van der Waals surface area contributed by atoms with Crippen LogP contribution in [-0.2, 0) is 0 Å². The molecule has 0 nitrogen and oxygen atoms in total. The van der Waals surface area contributed by atoms with Crippen LogP contribution in [0.15, 0.2) is 11.4 Å². The Hall–Kier alpha value is -0.370. The molecule has 0 fully saturated rings. The van der Waals surface area contributed by atoms with E-state index in [0.29, 0.717) is 11.8 Å². The van der Waals surface area contributed by atoms with Crippen LogP contribution in [0.5, 0.6) is 0 Å². The summed E-state index contributed by atoms with van der Waals surface area (Å²) < 4.78 is 13.0. The lowest BCUT2D eigenvalue weighted by Gasteiger charge is -2.12. The Morgan fingerprint density at radius 1 is 1.36 bits per heavy atom. The van der Waals surface area contributed by atoms with Crippen molar-refractivity contribution in [2.24, 2.45) is 5.92 Å². The number of thiophene rings is 1. The summed E-state index contributed by atoms with van der Waals surface area (Å²) in [6, 6.07) is 1.54. The number of hydrogen-bond donors (Lipinski definition) is 0. The average Bonchev–Trinajstić information content (AvgIpc) is 2.33. The van der Waals surface area contributed by atoms with E-state index in [1.807, 2.05) is 5.38 Å². The monoisotopic (exact) mass is 172 g/mol. The summed E-state index contributed by atoms with van der Waals surface area (Å²) in [4.78, 5) is 0.889. The first-order valence-corrected chi connectivity index (χ1v) is 4.73. The highest BCUT2D eigenvalue weighted by molar-refractivity contribution is 7.10. The topological polar surface area (TPSA) is 0 Å². The van der Waals surface area contributed by atoms with Gasteiger partial charge in [0.1, 0.15) is 5.82 Å². The van der Waals surface area contributed by atoms with Crippen LogP contribution in [0.1, 0.15) is 31.6 Å². The third-order valence-electron chi connectivity index (χ3n) is 2.06. The van der Waals surface area contributed by atoms with Gasteiger partial charge in [-0.15, -0.1) is 11.3 Å². The van der Waals surface area contributed by atoms with Gasteiger partial charge in [0.25, 0.3) is 0 Å². The molecule has 2 heteroatoms. The second-order valence-electron chi connectivity index (χ2n) is 3.17. The Kier molecular flexibility index (Phi) is 2.66. The second kappa shape index (κ2) is 3.35. The second-order valence-corrected chi connectivity index (χ2v) is 4.11. The molecule has 1 rings (SSSR count). The van der Waals surface area contributed by atoms with Gasteiger partial charge in [-0.1, -0.05) is 20.8 Å². The van der Waals surface area contributed by atoms with Crippen LogP contribution in [0.2, 0.25) is 0 Å². The predicted molar refractivity (Wildman–Crippen MR) is 47.5 cm³/mol. The zero-order valence-electron chi connectivity index (χ0n) is 7.10. The Balaban J connectivity index is 2.84. The molecular weight excluding hydrogens is 159 g/mol. The highest BCUT2D eigenvalue weighted by atomic mass is 32.1. The van der Waals surface area contributed by atoms with Crippen LogP contribution in [-0.4, -0.2) is 0 Å². The largest absolute Gasteiger partial charge is 0.206 e. The van der Waals surface area contributed by atoms with E-state index in [4.69, 9.17) is 0 Å². The van der Waals surface area contributed by atoms with Crippen molar-refractivity contribution < 1.29 is 4.39 Å². The molecular formula is C9H13FS. The molecule has 0 aliphatic heterocycles. The van der Waals surface area contributed by atoms with Gasteiger partial charge >= 0.3 is 0 Å². The summed E-state index contributed by atoms with van der Waals surface area (Å²) in [6.07, 6.45) is 0. The molecule has 0 N–H and O–H groups in total. The van der Waals surface area contributed by atoms with Crippen molar-refractivity contribution in [1.29, 1.82) is 0 Å². The Morgan fingerprint density at radius 3 is 2.36 bits per heavy atom. The SMILES string of the molecule is CC(C)C(C)c1sccc1F. The minimum absolute atomic E-state index is 0.0452. The fraction of sp³-hybridized carbons (Fsp3) is 0.556. The van der Waals surface area contributed by atoms with Crippen molar-refractivity contribution in [3.8, 4) is 0 Å². The van der Waals surface area contributed by atoms with Gasteiger partial charge in [-0.05, 0) is 23.3 Å². The first-order chi connectivity index (χ1) is 5.13. The first kappa shape index (κ1) is 8.72. The summed E-state index contributed by atoms with van der Waals surface area (Å²) in [5.74, 6) is 0.814. The molecule has 1 aromatic heterocycles. The maximum Gasteiger partial charge on any atom is 0.137 e. The fourth-order valence-electron chi connectivity index (χ4n) is 0.933. The van der Waals surface area contributed by atoms with Gasteiger partial charge < -0.3 is 0 Å². The van der Waals surface area contributed by atoms with Crippen molar-refractivity contribution in [3.05, 3.63) is 22.1 Å². The molecule has 1 unspecified atom stereocenters. The Bertz CT molecular complexity index is 227. The number of rotatable bonds is 2. The maximum atomic E-state index is 13.0. The van der Waals surface area contributed by atoms with Gasteiger partial charge in [-0.2, -0.15) is 0 Å². The zero-order chi connectivity index (χ0) is 8.43. The predicted octanol–water partition coefficient (Wildman–Crippen LogP) is 3.65. The van der Waals surface area contributed by atoms with Crippen LogP contribution >= 0.6 is 11.3 Å². The summed E-state index contributed by atoms with van der Waals surface area (Å²) in [5.41, 5.74) is 0. The summed E-state index contributed by atoms with van der Waals surface area (Å²) in [6.45, 7) is 6.30. The van der Waals surface area contributed by atoms with E-state index in [1.54, 1.807) is 6.07 Å². The van der Waals surface area contributed by atoms with E-state index in [2.05, 4.69) is 20.8 Å². The standard InChI is InChI=1S/C9H13FS/c1-6(2)7(3)9-8(10)4-5-11-9/h4-7H,1-3H3. The van der Waals surface area contributed by atoms with Gasteiger partial charge in [0.2, 0.25) is 0 Å². The highest BCUT2D eigenvalue weighted by Gasteiger charge is 2.14. The van der Waals surface area contributed by atoms with Crippen molar-refractivity contribution in [3.63, 3.8) is 0 Å². The molecule has 0 saturated carbocycles. The van der Waals surface area contributed by atoms with E-state index in [-0.39, 0.29) is 5.82 Å². The van der Waals surface area contributed by atoms with Crippen molar-refractivity contribution in [1.82, 2.24) is 0 Å². The molecule has 1 heterocycles. The summed E-state index contributed by atoms with van der Waals surface area (Å²) in [5, 5.41) is 1.81. The zero-order valence-corrected chi connectivity index (χ0v) is 7.91. The Morgan fingerprint density at radius 2 is 2.00 bits per heavy atom. The fourth-order valence-corrected chi connectivity index (χ4v) is 1.93.